The van der Waals surface area contributed by atoms with Crippen LogP contribution >= 0.6 is 12.2 Å². The van der Waals surface area contributed by atoms with E-state index in [-0.39, 0.29) is 5.91 Å². The van der Waals surface area contributed by atoms with E-state index < -0.39 is 6.10 Å². The van der Waals surface area contributed by atoms with Gasteiger partial charge in [-0.2, -0.15) is 0 Å². The summed E-state index contributed by atoms with van der Waals surface area (Å²) in [5.41, 5.74) is 0.893. The van der Waals surface area contributed by atoms with Crippen LogP contribution in [0.15, 0.2) is 24.3 Å². The molecular weight excluding hydrogens is 352 g/mol. The van der Waals surface area contributed by atoms with Gasteiger partial charge in [0.05, 0.1) is 32.0 Å². The maximum Gasteiger partial charge on any atom is 0.262 e. The number of anilines is 1. The molecule has 7 nitrogen and oxygen atoms in total. The Morgan fingerprint density at radius 2 is 2.12 bits per heavy atom. The zero-order valence-corrected chi connectivity index (χ0v) is 15.9. The first-order valence-electron chi connectivity index (χ1n) is 9.13. The Labute approximate surface area is 159 Å². The van der Waals surface area contributed by atoms with Crippen LogP contribution in [0, 0.1) is 0 Å². The molecule has 2 aliphatic rings. The highest BCUT2D eigenvalue weighted by molar-refractivity contribution is 7.80. The molecule has 2 aliphatic heterocycles. The van der Waals surface area contributed by atoms with E-state index in [1.165, 1.54) is 0 Å². The lowest BCUT2D eigenvalue weighted by Crippen LogP contribution is -3.14. The zero-order chi connectivity index (χ0) is 18.4. The van der Waals surface area contributed by atoms with Gasteiger partial charge in [0, 0.05) is 20.0 Å². The number of ether oxygens (including phenoxy) is 2. The number of amides is 1. The van der Waals surface area contributed by atoms with Gasteiger partial charge < -0.3 is 29.9 Å². The minimum atomic E-state index is -0.576. The van der Waals surface area contributed by atoms with Gasteiger partial charge in [-0.05, 0) is 24.4 Å². The van der Waals surface area contributed by atoms with Crippen molar-refractivity contribution in [2.24, 2.45) is 0 Å². The molecule has 1 atom stereocenters. The molecule has 0 spiro atoms. The first-order chi connectivity index (χ1) is 12.7. The number of fused-ring (bicyclic) bond motifs is 1. The van der Waals surface area contributed by atoms with Crippen molar-refractivity contribution in [2.75, 3.05) is 57.9 Å². The minimum Gasteiger partial charge on any atom is -0.477 e. The molecule has 0 aliphatic carbocycles. The quantitative estimate of drug-likeness (QED) is 0.459. The topological polar surface area (TPSA) is 67.3 Å². The highest BCUT2D eigenvalue weighted by Crippen LogP contribution is 2.33. The predicted octanol–water partition coefficient (Wildman–Crippen LogP) is -0.820. The summed E-state index contributed by atoms with van der Waals surface area (Å²) in [7, 11) is 1.61. The first-order valence-corrected chi connectivity index (χ1v) is 9.54. The van der Waals surface area contributed by atoms with Crippen molar-refractivity contribution in [1.82, 2.24) is 10.6 Å². The van der Waals surface area contributed by atoms with Gasteiger partial charge in [-0.3, -0.25) is 4.79 Å². The van der Waals surface area contributed by atoms with E-state index in [4.69, 9.17) is 21.7 Å². The highest BCUT2D eigenvalue weighted by atomic mass is 32.1. The number of thiocarbonyl (C=S) groups is 1. The molecule has 3 rings (SSSR count). The Balaban J connectivity index is 1.55. The number of para-hydroxylation sites is 2. The van der Waals surface area contributed by atoms with Crippen LogP contribution in [0.2, 0.25) is 0 Å². The van der Waals surface area contributed by atoms with Gasteiger partial charge in [-0.25, -0.2) is 0 Å². The minimum absolute atomic E-state index is 0.150. The second-order valence-electron chi connectivity index (χ2n) is 6.50. The van der Waals surface area contributed by atoms with Crippen LogP contribution in [0.5, 0.6) is 5.75 Å². The molecule has 142 valence electrons. The largest absolute Gasteiger partial charge is 0.477 e. The van der Waals surface area contributed by atoms with E-state index in [2.05, 4.69) is 10.6 Å². The second-order valence-corrected chi connectivity index (χ2v) is 6.88. The Bertz CT molecular complexity index is 637. The molecule has 3 N–H and O–H groups in total. The van der Waals surface area contributed by atoms with Crippen LogP contribution in [0.3, 0.4) is 0 Å². The Hall–Kier alpha value is -1.90. The Morgan fingerprint density at radius 3 is 2.88 bits per heavy atom. The third-order valence-corrected chi connectivity index (χ3v) is 5.11. The number of morpholine rings is 1. The van der Waals surface area contributed by atoms with Crippen molar-refractivity contribution in [1.29, 1.82) is 0 Å². The Kier molecular flexibility index (Phi) is 6.65. The van der Waals surface area contributed by atoms with E-state index in [0.717, 1.165) is 51.5 Å². The lowest BCUT2D eigenvalue weighted by Gasteiger charge is -2.35. The molecular formula is C18H27N4O3S+. The molecule has 1 aromatic carbocycles. The number of likely N-dealkylation sites (N-methyl/N-ethyl adjacent to an activating group) is 1. The van der Waals surface area contributed by atoms with E-state index >= 15 is 0 Å². The fourth-order valence-corrected chi connectivity index (χ4v) is 3.54. The van der Waals surface area contributed by atoms with Crippen LogP contribution in [0.4, 0.5) is 5.69 Å². The number of hydrogen-bond donors (Lipinski definition) is 3. The summed E-state index contributed by atoms with van der Waals surface area (Å²) in [6.45, 7) is 6.19. The van der Waals surface area contributed by atoms with Crippen molar-refractivity contribution in [3.63, 3.8) is 0 Å². The number of quaternary nitrogens is 1. The lowest BCUT2D eigenvalue weighted by atomic mass is 10.2. The third kappa shape index (κ3) is 4.63. The molecule has 0 unspecified atom stereocenters. The van der Waals surface area contributed by atoms with Gasteiger partial charge in [0.1, 0.15) is 18.8 Å². The molecule has 0 saturated carbocycles. The van der Waals surface area contributed by atoms with Gasteiger partial charge >= 0.3 is 0 Å². The summed E-state index contributed by atoms with van der Waals surface area (Å²) in [5.74, 6) is 0.525. The van der Waals surface area contributed by atoms with Crippen molar-refractivity contribution in [3.05, 3.63) is 24.3 Å². The number of carbonyl (C=O) groups excluding carboxylic acids is 1. The van der Waals surface area contributed by atoms with Crippen molar-refractivity contribution >= 4 is 28.9 Å². The normalized spacial score (nSPS) is 20.0. The average molecular weight is 380 g/mol. The van der Waals surface area contributed by atoms with E-state index in [1.54, 1.807) is 11.9 Å². The molecule has 2 heterocycles. The Morgan fingerprint density at radius 1 is 1.35 bits per heavy atom. The standard InChI is InChI=1S/C18H26N4O3S/c1-19-17(23)16-13-22(14-5-2-3-6-15(14)25-16)18(26)20-7-4-8-21-9-11-24-12-10-21/h2-3,5-6,16H,4,7-13H2,1H3,(H,19,23)(H,20,26)/p+1/t16-/m0/s1. The summed E-state index contributed by atoms with van der Waals surface area (Å²) in [5, 5.41) is 6.61. The maximum absolute atomic E-state index is 12.0. The van der Waals surface area contributed by atoms with Crippen LogP contribution < -0.4 is 25.2 Å². The van der Waals surface area contributed by atoms with Crippen molar-refractivity contribution in [2.45, 2.75) is 12.5 Å². The fraction of sp³-hybridized carbons (Fsp3) is 0.556. The van der Waals surface area contributed by atoms with Crippen molar-refractivity contribution < 1.29 is 19.2 Å². The molecule has 0 bridgehead atoms. The van der Waals surface area contributed by atoms with Gasteiger partial charge in [-0.1, -0.05) is 12.1 Å². The molecule has 0 aromatic heterocycles. The zero-order valence-electron chi connectivity index (χ0n) is 15.1. The SMILES string of the molecule is CNC(=O)[C@@H]1CN(C(=S)NCCC[NH+]2CCOCC2)c2ccccc2O1. The number of nitrogens with one attached hydrogen (secondary N) is 3. The van der Waals surface area contributed by atoms with Crippen molar-refractivity contribution in [3.8, 4) is 5.75 Å². The molecule has 0 radical (unpaired) electrons. The van der Waals surface area contributed by atoms with Gasteiger partial charge in [0.25, 0.3) is 5.91 Å². The predicted molar refractivity (Wildman–Crippen MR) is 104 cm³/mol. The molecule has 1 saturated heterocycles. The smallest absolute Gasteiger partial charge is 0.262 e. The summed E-state index contributed by atoms with van der Waals surface area (Å²) in [6, 6.07) is 7.66. The molecule has 8 heteroatoms. The van der Waals surface area contributed by atoms with Gasteiger partial charge in [0.15, 0.2) is 11.2 Å². The van der Waals surface area contributed by atoms with Crippen LogP contribution in [0.25, 0.3) is 0 Å². The first kappa shape index (κ1) is 18.9. The highest BCUT2D eigenvalue weighted by Gasteiger charge is 2.31. The monoisotopic (exact) mass is 379 g/mol. The number of benzene rings is 1. The molecule has 1 amide bonds. The molecule has 1 fully saturated rings. The number of hydrogen-bond acceptors (Lipinski definition) is 4. The summed E-state index contributed by atoms with van der Waals surface area (Å²) < 4.78 is 11.2. The van der Waals surface area contributed by atoms with Crippen LogP contribution in [0.1, 0.15) is 6.42 Å². The second kappa shape index (κ2) is 9.16. The number of nitrogens with zero attached hydrogens (tertiary/aromatic N) is 1. The maximum atomic E-state index is 12.0. The van der Waals surface area contributed by atoms with E-state index in [9.17, 15) is 4.79 Å². The van der Waals surface area contributed by atoms with Crippen LogP contribution in [-0.2, 0) is 9.53 Å². The van der Waals surface area contributed by atoms with Crippen LogP contribution in [-0.4, -0.2) is 70.1 Å². The van der Waals surface area contributed by atoms with E-state index in [1.807, 2.05) is 29.2 Å². The van der Waals surface area contributed by atoms with Gasteiger partial charge in [0.2, 0.25) is 0 Å². The summed E-state index contributed by atoms with van der Waals surface area (Å²) in [4.78, 5) is 15.6. The summed E-state index contributed by atoms with van der Waals surface area (Å²) in [6.07, 6.45) is 0.466. The van der Waals surface area contributed by atoms with E-state index in [0.29, 0.717) is 17.4 Å². The number of rotatable bonds is 5. The average Bonchev–Trinajstić information content (AvgIpc) is 2.70. The lowest BCUT2D eigenvalue weighted by molar-refractivity contribution is -0.908. The van der Waals surface area contributed by atoms with Gasteiger partial charge in [-0.15, -0.1) is 0 Å². The third-order valence-electron chi connectivity index (χ3n) is 4.74. The fourth-order valence-electron chi connectivity index (χ4n) is 3.26. The molecule has 26 heavy (non-hydrogen) atoms. The summed E-state index contributed by atoms with van der Waals surface area (Å²) >= 11 is 5.60. The number of carbonyl (C=O) groups is 1. The molecule has 1 aromatic rings.